The Hall–Kier alpha value is -1.23. The average Bonchev–Trinajstić information content (AvgIpc) is 2.28. The van der Waals surface area contributed by atoms with Crippen LogP contribution < -0.4 is 4.74 Å². The minimum Gasteiger partial charge on any atom is -0.508 e. The van der Waals surface area contributed by atoms with Gasteiger partial charge in [-0.25, -0.2) is 0 Å². The number of aromatic hydroxyl groups is 1. The second kappa shape index (κ2) is 5.21. The first-order chi connectivity index (χ1) is 7.74. The normalized spacial score (nSPS) is 10.1. The van der Waals surface area contributed by atoms with Gasteiger partial charge in [0.25, 0.3) is 0 Å². The van der Waals surface area contributed by atoms with Gasteiger partial charge in [0.2, 0.25) is 0 Å². The molecule has 2 rings (SSSR count). The van der Waals surface area contributed by atoms with E-state index < -0.39 is 0 Å². The Balaban J connectivity index is 1.99. The summed E-state index contributed by atoms with van der Waals surface area (Å²) in [5, 5.41) is 9.29. The molecule has 0 radical (unpaired) electrons. The van der Waals surface area contributed by atoms with E-state index in [4.69, 9.17) is 4.74 Å². The Labute approximate surface area is 108 Å². The smallest absolute Gasteiger partial charge is 0.119 e. The fraction of sp³-hybridized carbons (Fsp3) is 0.0769. The molecule has 0 unspecified atom stereocenters. The highest BCUT2D eigenvalue weighted by molar-refractivity contribution is 14.1. The lowest BCUT2D eigenvalue weighted by Gasteiger charge is -2.06. The van der Waals surface area contributed by atoms with Crippen LogP contribution in [0.25, 0.3) is 0 Å². The van der Waals surface area contributed by atoms with E-state index in [9.17, 15) is 5.11 Å². The van der Waals surface area contributed by atoms with Crippen molar-refractivity contribution in [2.75, 3.05) is 0 Å². The summed E-state index contributed by atoms with van der Waals surface area (Å²) in [5.41, 5.74) is 0.957. The second-order valence-electron chi connectivity index (χ2n) is 3.41. The number of benzene rings is 2. The van der Waals surface area contributed by atoms with E-state index in [1.165, 1.54) is 3.57 Å². The fourth-order valence-corrected chi connectivity index (χ4v) is 1.70. The van der Waals surface area contributed by atoms with E-state index >= 15 is 0 Å². The van der Waals surface area contributed by atoms with Gasteiger partial charge in [0.1, 0.15) is 18.1 Å². The lowest BCUT2D eigenvalue weighted by molar-refractivity contribution is 0.305. The molecule has 2 nitrogen and oxygen atoms in total. The van der Waals surface area contributed by atoms with Crippen LogP contribution in [-0.4, -0.2) is 5.11 Å². The monoisotopic (exact) mass is 326 g/mol. The first-order valence-electron chi connectivity index (χ1n) is 4.90. The van der Waals surface area contributed by atoms with Crippen molar-refractivity contribution in [2.45, 2.75) is 6.61 Å². The highest BCUT2D eigenvalue weighted by Crippen LogP contribution is 2.16. The van der Waals surface area contributed by atoms with E-state index in [0.717, 1.165) is 11.3 Å². The van der Waals surface area contributed by atoms with E-state index in [0.29, 0.717) is 6.61 Å². The third-order valence-electron chi connectivity index (χ3n) is 2.13. The van der Waals surface area contributed by atoms with Crippen molar-refractivity contribution in [3.63, 3.8) is 0 Å². The molecule has 3 heteroatoms. The molecular formula is C13H11IO2. The maximum Gasteiger partial charge on any atom is 0.119 e. The number of phenolic OH excluding ortho intramolecular Hbond substituents is 1. The van der Waals surface area contributed by atoms with Gasteiger partial charge in [-0.1, -0.05) is 12.1 Å². The molecule has 0 fully saturated rings. The minimum atomic E-state index is 0.267. The number of hydrogen-bond donors (Lipinski definition) is 1. The fourth-order valence-electron chi connectivity index (χ4n) is 1.34. The zero-order valence-electron chi connectivity index (χ0n) is 8.56. The summed E-state index contributed by atoms with van der Waals surface area (Å²) < 4.78 is 6.77. The molecule has 2 aromatic carbocycles. The first-order valence-corrected chi connectivity index (χ1v) is 5.98. The standard InChI is InChI=1S/C13H11IO2/c14-11-4-6-13(7-5-11)16-9-10-2-1-3-12(15)8-10/h1-8,15H,9H2. The predicted molar refractivity (Wildman–Crippen MR) is 71.6 cm³/mol. The van der Waals surface area contributed by atoms with Gasteiger partial charge in [0, 0.05) is 3.57 Å². The van der Waals surface area contributed by atoms with Gasteiger partial charge in [0.05, 0.1) is 0 Å². The zero-order chi connectivity index (χ0) is 11.4. The van der Waals surface area contributed by atoms with Crippen LogP contribution in [0, 0.1) is 3.57 Å². The van der Waals surface area contributed by atoms with Gasteiger partial charge in [-0.2, -0.15) is 0 Å². The average molecular weight is 326 g/mol. The van der Waals surface area contributed by atoms with Gasteiger partial charge in [0.15, 0.2) is 0 Å². The van der Waals surface area contributed by atoms with E-state index in [1.807, 2.05) is 36.4 Å². The summed E-state index contributed by atoms with van der Waals surface area (Å²) in [7, 11) is 0. The Morgan fingerprint density at radius 2 is 1.81 bits per heavy atom. The topological polar surface area (TPSA) is 29.5 Å². The summed E-state index contributed by atoms with van der Waals surface area (Å²) in [6, 6.07) is 14.9. The van der Waals surface area contributed by atoms with E-state index in [2.05, 4.69) is 22.6 Å². The summed E-state index contributed by atoms with van der Waals surface area (Å²) in [6.07, 6.45) is 0. The number of ether oxygens (including phenoxy) is 1. The Bertz CT molecular complexity index is 466. The van der Waals surface area contributed by atoms with Crippen LogP contribution in [-0.2, 0) is 6.61 Å². The van der Waals surface area contributed by atoms with E-state index in [1.54, 1.807) is 12.1 Å². The molecule has 0 bridgehead atoms. The lowest BCUT2D eigenvalue weighted by atomic mass is 10.2. The van der Waals surface area contributed by atoms with Crippen molar-refractivity contribution in [1.82, 2.24) is 0 Å². The van der Waals surface area contributed by atoms with Crippen LogP contribution in [0.4, 0.5) is 0 Å². The number of halogens is 1. The molecule has 0 aromatic heterocycles. The van der Waals surface area contributed by atoms with Crippen molar-refractivity contribution in [3.8, 4) is 11.5 Å². The van der Waals surface area contributed by atoms with Gasteiger partial charge in [-0.3, -0.25) is 0 Å². The van der Waals surface area contributed by atoms with Crippen LogP contribution >= 0.6 is 22.6 Å². The predicted octanol–water partition coefficient (Wildman–Crippen LogP) is 3.58. The summed E-state index contributed by atoms with van der Waals surface area (Å²) in [5.74, 6) is 1.10. The van der Waals surface area contributed by atoms with Gasteiger partial charge in [-0.05, 0) is 64.6 Å². The summed E-state index contributed by atoms with van der Waals surface area (Å²) in [4.78, 5) is 0. The molecule has 1 N–H and O–H groups in total. The molecule has 0 saturated carbocycles. The van der Waals surface area contributed by atoms with Crippen molar-refractivity contribution in [2.24, 2.45) is 0 Å². The molecule has 16 heavy (non-hydrogen) atoms. The zero-order valence-corrected chi connectivity index (χ0v) is 10.7. The molecule has 0 aliphatic heterocycles. The van der Waals surface area contributed by atoms with Gasteiger partial charge in [-0.15, -0.1) is 0 Å². The Morgan fingerprint density at radius 1 is 1.06 bits per heavy atom. The number of phenols is 1. The van der Waals surface area contributed by atoms with Gasteiger partial charge < -0.3 is 9.84 Å². The lowest BCUT2D eigenvalue weighted by Crippen LogP contribution is -1.94. The van der Waals surface area contributed by atoms with Crippen molar-refractivity contribution in [3.05, 3.63) is 57.7 Å². The van der Waals surface area contributed by atoms with Crippen LogP contribution in [0.2, 0.25) is 0 Å². The molecule has 0 aliphatic rings. The molecule has 82 valence electrons. The second-order valence-corrected chi connectivity index (χ2v) is 4.66. The SMILES string of the molecule is Oc1cccc(COc2ccc(I)cc2)c1. The van der Waals surface area contributed by atoms with Crippen molar-refractivity contribution >= 4 is 22.6 Å². The van der Waals surface area contributed by atoms with Crippen LogP contribution in [0.5, 0.6) is 11.5 Å². The molecule has 0 atom stereocenters. The molecule has 2 aromatic rings. The van der Waals surface area contributed by atoms with Crippen LogP contribution in [0.15, 0.2) is 48.5 Å². The molecule has 0 aliphatic carbocycles. The number of rotatable bonds is 3. The minimum absolute atomic E-state index is 0.267. The van der Waals surface area contributed by atoms with Crippen LogP contribution in [0.3, 0.4) is 0 Å². The van der Waals surface area contributed by atoms with Gasteiger partial charge >= 0.3 is 0 Å². The molecular weight excluding hydrogens is 315 g/mol. The summed E-state index contributed by atoms with van der Waals surface area (Å²) >= 11 is 2.25. The highest BCUT2D eigenvalue weighted by Gasteiger charge is 1.97. The van der Waals surface area contributed by atoms with Crippen molar-refractivity contribution < 1.29 is 9.84 Å². The third kappa shape index (κ3) is 3.13. The maximum atomic E-state index is 9.29. The molecule has 0 saturated heterocycles. The number of hydrogen-bond acceptors (Lipinski definition) is 2. The molecule has 0 spiro atoms. The quantitative estimate of drug-likeness (QED) is 0.874. The van der Waals surface area contributed by atoms with E-state index in [-0.39, 0.29) is 5.75 Å². The largest absolute Gasteiger partial charge is 0.508 e. The third-order valence-corrected chi connectivity index (χ3v) is 2.85. The maximum absolute atomic E-state index is 9.29. The molecule has 0 heterocycles. The Morgan fingerprint density at radius 3 is 2.50 bits per heavy atom. The van der Waals surface area contributed by atoms with Crippen LogP contribution in [0.1, 0.15) is 5.56 Å². The van der Waals surface area contributed by atoms with Crippen molar-refractivity contribution in [1.29, 1.82) is 0 Å². The summed E-state index contributed by atoms with van der Waals surface area (Å²) in [6.45, 7) is 0.467. The molecule has 0 amide bonds. The first kappa shape index (κ1) is 11.3. The Kier molecular flexibility index (Phi) is 3.66. The highest BCUT2D eigenvalue weighted by atomic mass is 127.